The van der Waals surface area contributed by atoms with E-state index in [1.807, 2.05) is 25.1 Å². The van der Waals surface area contributed by atoms with Crippen molar-refractivity contribution in [3.63, 3.8) is 0 Å². The number of hydrogen-bond acceptors (Lipinski definition) is 8. The predicted molar refractivity (Wildman–Crippen MR) is 127 cm³/mol. The Hall–Kier alpha value is -3.33. The van der Waals surface area contributed by atoms with Crippen LogP contribution < -0.4 is 20.7 Å². The van der Waals surface area contributed by atoms with Gasteiger partial charge in [0.15, 0.2) is 9.84 Å². The van der Waals surface area contributed by atoms with Crippen LogP contribution in [0.15, 0.2) is 47.4 Å². The number of rotatable bonds is 7. The number of benzene rings is 2. The van der Waals surface area contributed by atoms with Crippen molar-refractivity contribution >= 4 is 38.8 Å². The number of ether oxygens (including phenoxy) is 1. The van der Waals surface area contributed by atoms with Gasteiger partial charge < -0.3 is 20.7 Å². The minimum absolute atomic E-state index is 0.253. The summed E-state index contributed by atoms with van der Waals surface area (Å²) < 4.78 is 31.2. The van der Waals surface area contributed by atoms with E-state index in [2.05, 4.69) is 25.9 Å². The minimum atomic E-state index is -3.47. The highest BCUT2D eigenvalue weighted by Gasteiger charge is 2.25. The van der Waals surface area contributed by atoms with E-state index in [1.54, 1.807) is 45.2 Å². The molecule has 0 radical (unpaired) electrons. The first-order valence-electron chi connectivity index (χ1n) is 10.5. The monoisotopic (exact) mass is 453 g/mol. The van der Waals surface area contributed by atoms with Crippen LogP contribution in [0.2, 0.25) is 0 Å². The lowest BCUT2D eigenvalue weighted by molar-refractivity contribution is 0.416. The van der Waals surface area contributed by atoms with Gasteiger partial charge in [0.05, 0.1) is 28.6 Å². The van der Waals surface area contributed by atoms with E-state index in [4.69, 9.17) is 4.74 Å². The van der Waals surface area contributed by atoms with Gasteiger partial charge in [0.2, 0.25) is 5.95 Å². The Morgan fingerprint density at radius 2 is 1.84 bits per heavy atom. The lowest BCUT2D eigenvalue weighted by atomic mass is 10.2. The summed E-state index contributed by atoms with van der Waals surface area (Å²) >= 11 is 0. The highest BCUT2D eigenvalue weighted by Crippen LogP contribution is 2.34. The average molecular weight is 454 g/mol. The molecule has 168 valence electrons. The molecule has 4 rings (SSSR count). The van der Waals surface area contributed by atoms with Crippen molar-refractivity contribution in [3.8, 4) is 5.75 Å². The summed E-state index contributed by atoms with van der Waals surface area (Å²) in [6.07, 6.45) is 0.741. The molecule has 8 nitrogen and oxygen atoms in total. The van der Waals surface area contributed by atoms with Crippen molar-refractivity contribution in [2.24, 2.45) is 0 Å². The van der Waals surface area contributed by atoms with E-state index in [0.717, 1.165) is 35.6 Å². The van der Waals surface area contributed by atoms with E-state index in [-0.39, 0.29) is 4.90 Å². The van der Waals surface area contributed by atoms with Gasteiger partial charge in [-0.1, -0.05) is 18.2 Å². The van der Waals surface area contributed by atoms with Gasteiger partial charge in [0, 0.05) is 12.1 Å². The third kappa shape index (κ3) is 4.20. The van der Waals surface area contributed by atoms with Crippen molar-refractivity contribution < 1.29 is 13.2 Å². The maximum Gasteiger partial charge on any atom is 0.231 e. The van der Waals surface area contributed by atoms with Crippen molar-refractivity contribution in [1.29, 1.82) is 0 Å². The third-order valence-electron chi connectivity index (χ3n) is 5.34. The molecule has 0 atom stereocenters. The first-order chi connectivity index (χ1) is 15.3. The molecule has 9 heteroatoms. The maximum absolute atomic E-state index is 12.9. The fourth-order valence-electron chi connectivity index (χ4n) is 3.57. The highest BCUT2D eigenvalue weighted by molar-refractivity contribution is 7.92. The minimum Gasteiger partial charge on any atom is -0.495 e. The molecule has 3 aromatic rings. The smallest absolute Gasteiger partial charge is 0.231 e. The molecule has 0 unspecified atom stereocenters. The van der Waals surface area contributed by atoms with Gasteiger partial charge in [-0.25, -0.2) is 8.42 Å². The van der Waals surface area contributed by atoms with Gasteiger partial charge in [-0.05, 0) is 57.0 Å². The van der Waals surface area contributed by atoms with Crippen LogP contribution in [-0.2, 0) is 16.3 Å². The zero-order chi connectivity index (χ0) is 22.9. The van der Waals surface area contributed by atoms with Crippen molar-refractivity contribution in [2.75, 3.05) is 29.6 Å². The van der Waals surface area contributed by atoms with E-state index in [0.29, 0.717) is 23.2 Å². The number of aryl methyl sites for hydroxylation is 1. The van der Waals surface area contributed by atoms with E-state index >= 15 is 0 Å². The van der Waals surface area contributed by atoms with Crippen LogP contribution in [0.4, 0.5) is 29.0 Å². The van der Waals surface area contributed by atoms with Gasteiger partial charge in [-0.2, -0.15) is 9.97 Å². The standard InChI is InChI=1S/C23H27N5O3S/c1-14(2)32(29,30)20-8-6-5-7-17(20)25-22-16-11-12-24-21(16)27-23(28-22)26-18-13-15(3)9-10-19(18)31-4/h5-10,13-14H,11-12H2,1-4H3,(H3,24,25,26,27,28). The molecular weight excluding hydrogens is 426 g/mol. The molecule has 2 heterocycles. The first kappa shape index (κ1) is 21.9. The Morgan fingerprint density at radius 3 is 2.59 bits per heavy atom. The fourth-order valence-corrected chi connectivity index (χ4v) is 4.77. The van der Waals surface area contributed by atoms with Crippen LogP contribution >= 0.6 is 0 Å². The van der Waals surface area contributed by atoms with Crippen LogP contribution in [0.1, 0.15) is 25.0 Å². The number of hydrogen-bond donors (Lipinski definition) is 3. The van der Waals surface area contributed by atoms with Crippen LogP contribution in [0.3, 0.4) is 0 Å². The number of aromatic nitrogens is 2. The molecule has 0 amide bonds. The number of sulfone groups is 1. The second-order valence-corrected chi connectivity index (χ2v) is 10.4. The van der Waals surface area contributed by atoms with Gasteiger partial charge in [-0.15, -0.1) is 0 Å². The molecule has 0 saturated heterocycles. The largest absolute Gasteiger partial charge is 0.495 e. The Labute approximate surface area is 188 Å². The normalized spacial score (nSPS) is 12.9. The average Bonchev–Trinajstić information content (AvgIpc) is 3.23. The highest BCUT2D eigenvalue weighted by atomic mass is 32.2. The Bertz CT molecular complexity index is 1260. The lowest BCUT2D eigenvalue weighted by Crippen LogP contribution is -2.16. The van der Waals surface area contributed by atoms with E-state index in [9.17, 15) is 8.42 Å². The summed E-state index contributed by atoms with van der Waals surface area (Å²) in [7, 11) is -1.86. The summed E-state index contributed by atoms with van der Waals surface area (Å²) in [6, 6.07) is 12.7. The molecule has 0 saturated carbocycles. The predicted octanol–water partition coefficient (Wildman–Crippen LogP) is 4.43. The van der Waals surface area contributed by atoms with Gasteiger partial charge in [0.1, 0.15) is 17.4 Å². The van der Waals surface area contributed by atoms with Crippen molar-refractivity contribution in [2.45, 2.75) is 37.3 Å². The third-order valence-corrected chi connectivity index (χ3v) is 7.55. The number of nitrogens with zero attached hydrogens (tertiary/aromatic N) is 2. The molecule has 1 aromatic heterocycles. The topological polar surface area (TPSA) is 105 Å². The molecule has 32 heavy (non-hydrogen) atoms. The van der Waals surface area contributed by atoms with Crippen LogP contribution in [-0.4, -0.2) is 37.3 Å². The number of fused-ring (bicyclic) bond motifs is 1. The lowest BCUT2D eigenvalue weighted by Gasteiger charge is -2.17. The van der Waals surface area contributed by atoms with Gasteiger partial charge in [0.25, 0.3) is 0 Å². The second kappa shape index (κ2) is 8.66. The summed E-state index contributed by atoms with van der Waals surface area (Å²) in [5.41, 5.74) is 3.23. The quantitative estimate of drug-likeness (QED) is 0.482. The molecule has 2 aromatic carbocycles. The van der Waals surface area contributed by atoms with Crippen LogP contribution in [0.25, 0.3) is 0 Å². The number of para-hydroxylation sites is 1. The second-order valence-electron chi connectivity index (χ2n) is 7.94. The SMILES string of the molecule is COc1ccc(C)cc1Nc1nc2c(c(Nc3ccccc3S(=O)(=O)C(C)C)n1)CCN2. The van der Waals surface area contributed by atoms with Gasteiger partial charge >= 0.3 is 0 Å². The zero-order valence-electron chi connectivity index (χ0n) is 18.6. The number of anilines is 5. The molecule has 1 aliphatic rings. The van der Waals surface area contributed by atoms with Crippen molar-refractivity contribution in [1.82, 2.24) is 9.97 Å². The summed E-state index contributed by atoms with van der Waals surface area (Å²) in [5, 5.41) is 9.24. The Morgan fingerprint density at radius 1 is 1.06 bits per heavy atom. The summed E-state index contributed by atoms with van der Waals surface area (Å²) in [4.78, 5) is 9.55. The maximum atomic E-state index is 12.9. The molecule has 0 aliphatic carbocycles. The fraction of sp³-hybridized carbons (Fsp3) is 0.304. The Kier molecular flexibility index (Phi) is 5.92. The van der Waals surface area contributed by atoms with Crippen molar-refractivity contribution in [3.05, 3.63) is 53.6 Å². The molecule has 0 bridgehead atoms. The summed E-state index contributed by atoms with van der Waals surface area (Å²) in [5.74, 6) is 2.35. The van der Waals surface area contributed by atoms with E-state index in [1.165, 1.54) is 0 Å². The number of methoxy groups -OCH3 is 1. The van der Waals surface area contributed by atoms with Crippen LogP contribution in [0.5, 0.6) is 5.75 Å². The Balaban J connectivity index is 1.75. The van der Waals surface area contributed by atoms with Gasteiger partial charge in [-0.3, -0.25) is 0 Å². The molecule has 1 aliphatic heterocycles. The zero-order valence-corrected chi connectivity index (χ0v) is 19.4. The number of nitrogens with one attached hydrogen (secondary N) is 3. The van der Waals surface area contributed by atoms with Crippen LogP contribution in [0, 0.1) is 6.92 Å². The molecule has 3 N–H and O–H groups in total. The molecular formula is C23H27N5O3S. The molecule has 0 spiro atoms. The van der Waals surface area contributed by atoms with E-state index < -0.39 is 15.1 Å². The molecule has 0 fully saturated rings. The summed E-state index contributed by atoms with van der Waals surface area (Å²) in [6.45, 7) is 6.09. The first-order valence-corrected chi connectivity index (χ1v) is 12.0.